The Morgan fingerprint density at radius 2 is 1.88 bits per heavy atom. The van der Waals surface area contributed by atoms with Crippen LogP contribution in [0.5, 0.6) is 5.75 Å². The van der Waals surface area contributed by atoms with Crippen molar-refractivity contribution in [1.82, 2.24) is 0 Å². The maximum Gasteiger partial charge on any atom is 0.124 e. The van der Waals surface area contributed by atoms with Gasteiger partial charge in [0, 0.05) is 37.2 Å². The average molecular weight is 233 g/mol. The molecule has 92 valence electrons. The van der Waals surface area contributed by atoms with Crippen molar-refractivity contribution in [2.75, 3.05) is 13.2 Å². The first kappa shape index (κ1) is 11.1. The molecule has 1 saturated heterocycles. The molecule has 1 aromatic rings. The summed E-state index contributed by atoms with van der Waals surface area (Å²) in [6.45, 7) is 1.73. The van der Waals surface area contributed by atoms with Crippen LogP contribution in [0.25, 0.3) is 0 Å². The van der Waals surface area contributed by atoms with Gasteiger partial charge in [0.15, 0.2) is 0 Å². The van der Waals surface area contributed by atoms with Crippen molar-refractivity contribution >= 4 is 0 Å². The molecule has 1 unspecified atom stereocenters. The number of nitrogens with two attached hydrogens (primary N) is 1. The Labute approximate surface area is 102 Å². The van der Waals surface area contributed by atoms with Crippen molar-refractivity contribution < 1.29 is 9.47 Å². The molecular formula is C14H19NO2. The van der Waals surface area contributed by atoms with Gasteiger partial charge in [0.2, 0.25) is 0 Å². The number of ether oxygens (including phenoxy) is 2. The lowest BCUT2D eigenvalue weighted by Crippen LogP contribution is -2.37. The number of fused-ring (bicyclic) bond motifs is 1. The van der Waals surface area contributed by atoms with Crippen molar-refractivity contribution in [3.8, 4) is 5.75 Å². The molecule has 0 aliphatic carbocycles. The molecule has 3 heteroatoms. The highest BCUT2D eigenvalue weighted by atomic mass is 16.5. The van der Waals surface area contributed by atoms with Gasteiger partial charge in [-0.15, -0.1) is 0 Å². The Kier molecular flexibility index (Phi) is 3.04. The third-order valence-electron chi connectivity index (χ3n) is 3.87. The van der Waals surface area contributed by atoms with Crippen LogP contribution >= 0.6 is 0 Å². The fraction of sp³-hybridized carbons (Fsp3) is 0.571. The maximum absolute atomic E-state index is 6.23. The molecule has 0 saturated carbocycles. The van der Waals surface area contributed by atoms with E-state index in [2.05, 4.69) is 6.07 Å². The zero-order valence-electron chi connectivity index (χ0n) is 9.97. The van der Waals surface area contributed by atoms with Crippen LogP contribution in [0.15, 0.2) is 24.3 Å². The zero-order chi connectivity index (χ0) is 11.7. The predicted molar refractivity (Wildman–Crippen MR) is 65.9 cm³/mol. The Balaban J connectivity index is 1.78. The molecule has 3 rings (SSSR count). The number of hydrogen-bond acceptors (Lipinski definition) is 3. The normalized spacial score (nSPS) is 29.5. The van der Waals surface area contributed by atoms with Gasteiger partial charge in [-0.25, -0.2) is 0 Å². The quantitative estimate of drug-likeness (QED) is 0.809. The van der Waals surface area contributed by atoms with Gasteiger partial charge in [0.25, 0.3) is 0 Å². The molecule has 17 heavy (non-hydrogen) atoms. The molecule has 2 aliphatic rings. The van der Waals surface area contributed by atoms with E-state index in [0.29, 0.717) is 5.92 Å². The van der Waals surface area contributed by atoms with E-state index in [4.69, 9.17) is 15.2 Å². The average Bonchev–Trinajstić information content (AvgIpc) is 2.40. The molecule has 2 N–H and O–H groups in total. The Bertz CT molecular complexity index is 388. The first-order valence-corrected chi connectivity index (χ1v) is 6.43. The lowest BCUT2D eigenvalue weighted by atomic mass is 9.86. The molecule has 1 fully saturated rings. The summed E-state index contributed by atoms with van der Waals surface area (Å²) >= 11 is 0. The van der Waals surface area contributed by atoms with Gasteiger partial charge in [0.05, 0.1) is 0 Å². The topological polar surface area (TPSA) is 44.5 Å². The van der Waals surface area contributed by atoms with Gasteiger partial charge in [-0.3, -0.25) is 0 Å². The van der Waals surface area contributed by atoms with Gasteiger partial charge < -0.3 is 15.2 Å². The molecule has 0 amide bonds. The van der Waals surface area contributed by atoms with Crippen molar-refractivity contribution in [2.45, 2.75) is 31.4 Å². The van der Waals surface area contributed by atoms with Gasteiger partial charge in [-0.2, -0.15) is 0 Å². The predicted octanol–water partition coefficient (Wildman–Crippen LogP) is 2.26. The summed E-state index contributed by atoms with van der Waals surface area (Å²) in [6, 6.07) is 8.25. The van der Waals surface area contributed by atoms with Crippen molar-refractivity contribution in [1.29, 1.82) is 0 Å². The monoisotopic (exact) mass is 233 g/mol. The van der Waals surface area contributed by atoms with E-state index in [1.165, 1.54) is 0 Å². The van der Waals surface area contributed by atoms with E-state index in [1.54, 1.807) is 0 Å². The highest BCUT2D eigenvalue weighted by molar-refractivity contribution is 5.37. The van der Waals surface area contributed by atoms with Gasteiger partial charge in [0.1, 0.15) is 11.9 Å². The first-order valence-electron chi connectivity index (χ1n) is 6.43. The van der Waals surface area contributed by atoms with Gasteiger partial charge in [-0.05, 0) is 18.9 Å². The number of para-hydroxylation sites is 1. The summed E-state index contributed by atoms with van der Waals surface area (Å²) < 4.78 is 11.5. The molecular weight excluding hydrogens is 214 g/mol. The largest absolute Gasteiger partial charge is 0.490 e. The lowest BCUT2D eigenvalue weighted by molar-refractivity contribution is 0.00730. The highest BCUT2D eigenvalue weighted by Crippen LogP contribution is 2.37. The van der Waals surface area contributed by atoms with Crippen LogP contribution in [0.1, 0.15) is 30.9 Å². The van der Waals surface area contributed by atoms with Crippen LogP contribution in [-0.2, 0) is 4.74 Å². The summed E-state index contributed by atoms with van der Waals surface area (Å²) in [6.07, 6.45) is 3.39. The van der Waals surface area contributed by atoms with E-state index in [-0.39, 0.29) is 12.1 Å². The van der Waals surface area contributed by atoms with Crippen molar-refractivity contribution in [3.63, 3.8) is 0 Å². The standard InChI is InChI=1S/C14H19NO2/c15-12-9-14(10-5-7-16-8-6-10)17-13-4-2-1-3-11(12)13/h1-4,10,12,14H,5-9,15H2/t12-,14?/m1/s1. The maximum atomic E-state index is 6.23. The van der Waals surface area contributed by atoms with Crippen LogP contribution in [-0.4, -0.2) is 19.3 Å². The Hall–Kier alpha value is -1.06. The van der Waals surface area contributed by atoms with Crippen LogP contribution < -0.4 is 10.5 Å². The third-order valence-corrected chi connectivity index (χ3v) is 3.87. The van der Waals surface area contributed by atoms with Crippen LogP contribution in [0.2, 0.25) is 0 Å². The number of hydrogen-bond donors (Lipinski definition) is 1. The van der Waals surface area contributed by atoms with E-state index >= 15 is 0 Å². The summed E-state index contributed by atoms with van der Waals surface area (Å²) in [5.41, 5.74) is 7.38. The van der Waals surface area contributed by atoms with Gasteiger partial charge in [-0.1, -0.05) is 18.2 Å². The van der Waals surface area contributed by atoms with Crippen LogP contribution in [0.4, 0.5) is 0 Å². The summed E-state index contributed by atoms with van der Waals surface area (Å²) in [4.78, 5) is 0. The Morgan fingerprint density at radius 3 is 2.71 bits per heavy atom. The molecule has 0 aromatic heterocycles. The van der Waals surface area contributed by atoms with E-state index in [9.17, 15) is 0 Å². The minimum Gasteiger partial charge on any atom is -0.490 e. The second kappa shape index (κ2) is 4.67. The molecule has 2 heterocycles. The van der Waals surface area contributed by atoms with Crippen molar-refractivity contribution in [3.05, 3.63) is 29.8 Å². The molecule has 1 aromatic carbocycles. The third kappa shape index (κ3) is 2.17. The zero-order valence-corrected chi connectivity index (χ0v) is 9.97. The van der Waals surface area contributed by atoms with Gasteiger partial charge >= 0.3 is 0 Å². The van der Waals surface area contributed by atoms with Crippen LogP contribution in [0.3, 0.4) is 0 Å². The SMILES string of the molecule is N[C@@H]1CC(C2CCOCC2)Oc2ccccc21. The molecule has 2 atom stereocenters. The molecule has 0 bridgehead atoms. The first-order chi connectivity index (χ1) is 8.34. The van der Waals surface area contributed by atoms with E-state index in [1.807, 2.05) is 18.2 Å². The minimum absolute atomic E-state index is 0.118. The molecule has 3 nitrogen and oxygen atoms in total. The summed E-state index contributed by atoms with van der Waals surface area (Å²) in [5.74, 6) is 1.57. The minimum atomic E-state index is 0.118. The smallest absolute Gasteiger partial charge is 0.124 e. The number of benzene rings is 1. The second-order valence-electron chi connectivity index (χ2n) is 4.99. The fourth-order valence-corrected chi connectivity index (χ4v) is 2.86. The molecule has 0 spiro atoms. The van der Waals surface area contributed by atoms with E-state index < -0.39 is 0 Å². The highest BCUT2D eigenvalue weighted by Gasteiger charge is 2.32. The fourth-order valence-electron chi connectivity index (χ4n) is 2.86. The number of rotatable bonds is 1. The molecule has 0 radical (unpaired) electrons. The Morgan fingerprint density at radius 1 is 1.12 bits per heavy atom. The summed E-state index contributed by atoms with van der Waals surface area (Å²) in [7, 11) is 0. The van der Waals surface area contributed by atoms with E-state index in [0.717, 1.165) is 43.8 Å². The summed E-state index contributed by atoms with van der Waals surface area (Å²) in [5, 5.41) is 0. The van der Waals surface area contributed by atoms with Crippen molar-refractivity contribution in [2.24, 2.45) is 11.7 Å². The molecule has 2 aliphatic heterocycles. The van der Waals surface area contributed by atoms with Crippen LogP contribution in [0, 0.1) is 5.92 Å². The second-order valence-corrected chi connectivity index (χ2v) is 4.99. The lowest BCUT2D eigenvalue weighted by Gasteiger charge is -2.36.